The van der Waals surface area contributed by atoms with Crippen LogP contribution >= 0.6 is 0 Å². The van der Waals surface area contributed by atoms with E-state index in [2.05, 4.69) is 5.32 Å². The maximum atomic E-state index is 12.8. The van der Waals surface area contributed by atoms with Crippen LogP contribution in [0.3, 0.4) is 0 Å². The molecule has 1 N–H and O–H groups in total. The first-order chi connectivity index (χ1) is 12.1. The summed E-state index contributed by atoms with van der Waals surface area (Å²) in [5, 5.41) is 3.07. The lowest BCUT2D eigenvalue weighted by Crippen LogP contribution is -2.50. The molecule has 7 heteroatoms. The van der Waals surface area contributed by atoms with E-state index in [0.717, 1.165) is 12.8 Å². The SMILES string of the molecule is COC(=O)C1CCC(NC(=O)[C@@H]2C[C@H](C)CN2C(=O)OC(C)(C)C)CC1. The normalized spacial score (nSPS) is 29.2. The summed E-state index contributed by atoms with van der Waals surface area (Å²) in [5.74, 6) is -0.108. The van der Waals surface area contributed by atoms with Gasteiger partial charge in [0.15, 0.2) is 0 Å². The van der Waals surface area contributed by atoms with Crippen molar-refractivity contribution in [3.63, 3.8) is 0 Å². The van der Waals surface area contributed by atoms with Crippen molar-refractivity contribution in [1.82, 2.24) is 10.2 Å². The van der Waals surface area contributed by atoms with E-state index in [4.69, 9.17) is 9.47 Å². The summed E-state index contributed by atoms with van der Waals surface area (Å²) in [5.41, 5.74) is -0.587. The fourth-order valence-corrected chi connectivity index (χ4v) is 3.75. The Hall–Kier alpha value is -1.79. The molecule has 0 aromatic heterocycles. The first-order valence-electron chi connectivity index (χ1n) is 9.48. The maximum Gasteiger partial charge on any atom is 0.410 e. The standard InChI is InChI=1S/C19H32N2O5/c1-12-10-15(21(11-12)18(24)26-19(2,3)4)16(22)20-14-8-6-13(7-9-14)17(23)25-5/h12-15H,6-11H2,1-5H3,(H,20,22)/t12-,13?,14?,15-/m0/s1. The van der Waals surface area contributed by atoms with E-state index >= 15 is 0 Å². The number of carbonyl (C=O) groups is 3. The summed E-state index contributed by atoms with van der Waals surface area (Å²) < 4.78 is 10.2. The van der Waals surface area contributed by atoms with Crippen LogP contribution in [0.25, 0.3) is 0 Å². The van der Waals surface area contributed by atoms with Gasteiger partial charge in [-0.05, 0) is 58.8 Å². The number of methoxy groups -OCH3 is 1. The monoisotopic (exact) mass is 368 g/mol. The van der Waals surface area contributed by atoms with Gasteiger partial charge in [-0.25, -0.2) is 4.79 Å². The van der Waals surface area contributed by atoms with Crippen molar-refractivity contribution in [2.45, 2.75) is 77.5 Å². The van der Waals surface area contributed by atoms with E-state index in [0.29, 0.717) is 25.8 Å². The molecule has 0 aromatic rings. The third-order valence-electron chi connectivity index (χ3n) is 5.05. The fourth-order valence-electron chi connectivity index (χ4n) is 3.75. The van der Waals surface area contributed by atoms with Crippen molar-refractivity contribution in [3.05, 3.63) is 0 Å². The van der Waals surface area contributed by atoms with Crippen molar-refractivity contribution >= 4 is 18.0 Å². The molecule has 0 unspecified atom stereocenters. The van der Waals surface area contributed by atoms with Crippen LogP contribution in [-0.2, 0) is 19.1 Å². The number of nitrogens with zero attached hydrogens (tertiary/aromatic N) is 1. The Labute approximate surface area is 155 Å². The summed E-state index contributed by atoms with van der Waals surface area (Å²) in [7, 11) is 1.41. The molecule has 1 heterocycles. The zero-order valence-electron chi connectivity index (χ0n) is 16.5. The van der Waals surface area contributed by atoms with Crippen molar-refractivity contribution in [3.8, 4) is 0 Å². The highest BCUT2D eigenvalue weighted by atomic mass is 16.6. The van der Waals surface area contributed by atoms with Gasteiger partial charge in [-0.1, -0.05) is 6.92 Å². The van der Waals surface area contributed by atoms with Gasteiger partial charge in [0.1, 0.15) is 11.6 Å². The summed E-state index contributed by atoms with van der Waals surface area (Å²) in [6.07, 6.45) is 3.14. The van der Waals surface area contributed by atoms with Crippen molar-refractivity contribution < 1.29 is 23.9 Å². The minimum atomic E-state index is -0.587. The van der Waals surface area contributed by atoms with E-state index < -0.39 is 17.7 Å². The second-order valence-electron chi connectivity index (χ2n) is 8.57. The average Bonchev–Trinajstić information content (AvgIpc) is 2.95. The molecule has 0 spiro atoms. The third kappa shape index (κ3) is 5.35. The van der Waals surface area contributed by atoms with E-state index in [1.807, 2.05) is 27.7 Å². The lowest BCUT2D eigenvalue weighted by molar-refractivity contribution is -0.146. The van der Waals surface area contributed by atoms with Crippen LogP contribution in [0.1, 0.15) is 59.8 Å². The Bertz CT molecular complexity index is 535. The van der Waals surface area contributed by atoms with E-state index in [-0.39, 0.29) is 29.8 Å². The molecule has 26 heavy (non-hydrogen) atoms. The van der Waals surface area contributed by atoms with Crippen LogP contribution in [0.5, 0.6) is 0 Å². The molecule has 7 nitrogen and oxygen atoms in total. The Morgan fingerprint density at radius 3 is 2.23 bits per heavy atom. The second-order valence-corrected chi connectivity index (χ2v) is 8.57. The van der Waals surface area contributed by atoms with Crippen LogP contribution in [0, 0.1) is 11.8 Å². The molecule has 1 aliphatic carbocycles. The Balaban J connectivity index is 1.91. The first-order valence-corrected chi connectivity index (χ1v) is 9.48. The molecule has 2 rings (SSSR count). The quantitative estimate of drug-likeness (QED) is 0.774. The molecule has 2 aliphatic rings. The molecule has 0 aromatic carbocycles. The van der Waals surface area contributed by atoms with Gasteiger partial charge in [0.2, 0.25) is 5.91 Å². The minimum Gasteiger partial charge on any atom is -0.469 e. The third-order valence-corrected chi connectivity index (χ3v) is 5.05. The summed E-state index contributed by atoms with van der Waals surface area (Å²) in [4.78, 5) is 38.3. The molecule has 0 radical (unpaired) electrons. The minimum absolute atomic E-state index is 0.0415. The molecule has 2 fully saturated rings. The van der Waals surface area contributed by atoms with Gasteiger partial charge in [0.05, 0.1) is 13.0 Å². The molecule has 1 aliphatic heterocycles. The van der Waals surface area contributed by atoms with Crippen LogP contribution in [0.15, 0.2) is 0 Å². The Morgan fingerprint density at radius 2 is 1.69 bits per heavy atom. The first kappa shape index (κ1) is 20.5. The number of rotatable bonds is 3. The van der Waals surface area contributed by atoms with Crippen LogP contribution < -0.4 is 5.32 Å². The van der Waals surface area contributed by atoms with Gasteiger partial charge in [-0.2, -0.15) is 0 Å². The number of amides is 2. The van der Waals surface area contributed by atoms with Gasteiger partial charge in [0.25, 0.3) is 0 Å². The van der Waals surface area contributed by atoms with Gasteiger partial charge < -0.3 is 14.8 Å². The number of likely N-dealkylation sites (tertiary alicyclic amines) is 1. The summed E-state index contributed by atoms with van der Waals surface area (Å²) in [6, 6.07) is -0.446. The van der Waals surface area contributed by atoms with Gasteiger partial charge in [0, 0.05) is 12.6 Å². The number of ether oxygens (including phenoxy) is 2. The zero-order chi connectivity index (χ0) is 19.5. The Kier molecular flexibility index (Phi) is 6.53. The molecule has 2 atom stereocenters. The smallest absolute Gasteiger partial charge is 0.410 e. The molecule has 2 amide bonds. The van der Waals surface area contributed by atoms with Gasteiger partial charge in [-0.3, -0.25) is 14.5 Å². The molecule has 1 saturated carbocycles. The number of nitrogens with one attached hydrogen (secondary N) is 1. The fraction of sp³-hybridized carbons (Fsp3) is 0.842. The molecular weight excluding hydrogens is 336 g/mol. The van der Waals surface area contributed by atoms with Crippen LogP contribution in [0.4, 0.5) is 4.79 Å². The Morgan fingerprint density at radius 1 is 1.08 bits per heavy atom. The molecule has 148 valence electrons. The highest BCUT2D eigenvalue weighted by molar-refractivity contribution is 5.86. The summed E-state index contributed by atoms with van der Waals surface area (Å²) >= 11 is 0. The average molecular weight is 368 g/mol. The highest BCUT2D eigenvalue weighted by Crippen LogP contribution is 2.28. The van der Waals surface area contributed by atoms with Crippen molar-refractivity contribution in [1.29, 1.82) is 0 Å². The predicted octanol–water partition coefficient (Wildman–Crippen LogP) is 2.48. The number of carbonyl (C=O) groups excluding carboxylic acids is 3. The van der Waals surface area contributed by atoms with E-state index in [1.54, 1.807) is 4.90 Å². The van der Waals surface area contributed by atoms with E-state index in [1.165, 1.54) is 7.11 Å². The highest BCUT2D eigenvalue weighted by Gasteiger charge is 2.40. The van der Waals surface area contributed by atoms with Crippen molar-refractivity contribution in [2.75, 3.05) is 13.7 Å². The lowest BCUT2D eigenvalue weighted by atomic mass is 9.86. The van der Waals surface area contributed by atoms with Gasteiger partial charge in [-0.15, -0.1) is 0 Å². The largest absolute Gasteiger partial charge is 0.469 e. The molecular formula is C19H32N2O5. The molecule has 0 bridgehead atoms. The maximum absolute atomic E-state index is 12.8. The summed E-state index contributed by atoms with van der Waals surface area (Å²) in [6.45, 7) is 8.02. The predicted molar refractivity (Wildman–Crippen MR) is 96.4 cm³/mol. The zero-order valence-corrected chi connectivity index (χ0v) is 16.5. The number of esters is 1. The second kappa shape index (κ2) is 8.27. The van der Waals surface area contributed by atoms with Crippen LogP contribution in [0.2, 0.25) is 0 Å². The number of hydrogen-bond donors (Lipinski definition) is 1. The van der Waals surface area contributed by atoms with Crippen molar-refractivity contribution in [2.24, 2.45) is 11.8 Å². The van der Waals surface area contributed by atoms with Gasteiger partial charge >= 0.3 is 12.1 Å². The number of hydrogen-bond acceptors (Lipinski definition) is 5. The topological polar surface area (TPSA) is 84.9 Å². The lowest BCUT2D eigenvalue weighted by Gasteiger charge is -2.31. The molecule has 1 saturated heterocycles. The van der Waals surface area contributed by atoms with E-state index in [9.17, 15) is 14.4 Å². The van der Waals surface area contributed by atoms with Crippen LogP contribution in [-0.4, -0.2) is 54.2 Å².